The number of nitrogens with one attached hydrogen (secondary N) is 1. The van der Waals surface area contributed by atoms with E-state index in [2.05, 4.69) is 29.0 Å². The number of amides is 1. The smallest absolute Gasteiger partial charge is 0.265 e. The van der Waals surface area contributed by atoms with E-state index in [1.54, 1.807) is 16.7 Å². The molecule has 4 aromatic rings. The highest BCUT2D eigenvalue weighted by molar-refractivity contribution is 5.92. The third-order valence-electron chi connectivity index (χ3n) is 6.00. The molecule has 1 amide bonds. The maximum atomic E-state index is 13.1. The van der Waals surface area contributed by atoms with Gasteiger partial charge >= 0.3 is 0 Å². The first kappa shape index (κ1) is 24.0. The molecule has 180 valence electrons. The topological polar surface area (TPSA) is 76.5 Å². The van der Waals surface area contributed by atoms with Gasteiger partial charge in [-0.25, -0.2) is 4.98 Å². The van der Waals surface area contributed by atoms with E-state index >= 15 is 0 Å². The van der Waals surface area contributed by atoms with Gasteiger partial charge < -0.3 is 15.0 Å². The lowest BCUT2D eigenvalue weighted by Crippen LogP contribution is -2.23. The van der Waals surface area contributed by atoms with Crippen molar-refractivity contribution in [3.05, 3.63) is 88.5 Å². The van der Waals surface area contributed by atoms with Crippen LogP contribution in [-0.4, -0.2) is 35.2 Å². The Morgan fingerprint density at radius 1 is 1.00 bits per heavy atom. The van der Waals surface area contributed by atoms with Crippen LogP contribution >= 0.6 is 0 Å². The summed E-state index contributed by atoms with van der Waals surface area (Å²) >= 11 is 0. The van der Waals surface area contributed by atoms with E-state index in [9.17, 15) is 9.59 Å². The van der Waals surface area contributed by atoms with E-state index in [1.807, 2.05) is 68.4 Å². The normalized spacial score (nSPS) is 10.9. The van der Waals surface area contributed by atoms with Crippen molar-refractivity contribution in [3.8, 4) is 11.4 Å². The fourth-order valence-electron chi connectivity index (χ4n) is 4.17. The number of rotatable bonds is 8. The lowest BCUT2D eigenvalue weighted by Gasteiger charge is -2.21. The zero-order valence-electron chi connectivity index (χ0n) is 20.5. The minimum Gasteiger partial charge on any atom is -0.484 e. The first-order valence-corrected chi connectivity index (χ1v) is 11.8. The van der Waals surface area contributed by atoms with Crippen molar-refractivity contribution in [3.63, 3.8) is 0 Å². The van der Waals surface area contributed by atoms with Crippen molar-refractivity contribution in [2.45, 2.75) is 27.7 Å². The summed E-state index contributed by atoms with van der Waals surface area (Å²) in [7, 11) is 0. The van der Waals surface area contributed by atoms with Crippen LogP contribution in [0.15, 0.2) is 71.5 Å². The largest absolute Gasteiger partial charge is 0.484 e. The lowest BCUT2D eigenvalue weighted by atomic mass is 10.1. The van der Waals surface area contributed by atoms with Crippen LogP contribution in [0.4, 0.5) is 11.4 Å². The Labute approximate surface area is 205 Å². The third kappa shape index (κ3) is 5.19. The van der Waals surface area contributed by atoms with Crippen LogP contribution in [0, 0.1) is 13.8 Å². The molecule has 0 atom stereocenters. The molecule has 0 saturated carbocycles. The number of ether oxygens (including phenoxy) is 1. The maximum absolute atomic E-state index is 13.1. The van der Waals surface area contributed by atoms with Crippen LogP contribution < -0.4 is 20.5 Å². The molecule has 0 spiro atoms. The van der Waals surface area contributed by atoms with Gasteiger partial charge in [0.15, 0.2) is 6.61 Å². The summed E-state index contributed by atoms with van der Waals surface area (Å²) < 4.78 is 7.32. The molecule has 0 aliphatic carbocycles. The quantitative estimate of drug-likeness (QED) is 0.398. The third-order valence-corrected chi connectivity index (χ3v) is 6.00. The molecule has 7 nitrogen and oxygen atoms in total. The number of fused-ring (bicyclic) bond motifs is 1. The van der Waals surface area contributed by atoms with Gasteiger partial charge in [0.1, 0.15) is 11.6 Å². The average molecular weight is 471 g/mol. The monoisotopic (exact) mass is 470 g/mol. The number of carbonyl (C=O) groups is 1. The standard InChI is InChI=1S/C28H30N4O3/c1-5-31(6-2)21-10-9-11-23(17-21)35-18-27(33)30-25-15-14-22(16-19(25)3)32-20(4)29-26-13-8-7-12-24(26)28(32)34/h7-17H,5-6,18H2,1-4H3,(H,30,33). The maximum Gasteiger partial charge on any atom is 0.265 e. The van der Waals surface area contributed by atoms with Crippen LogP contribution in [0.5, 0.6) is 5.75 Å². The Balaban J connectivity index is 1.48. The number of aromatic nitrogens is 2. The van der Waals surface area contributed by atoms with Crippen molar-refractivity contribution in [1.29, 1.82) is 0 Å². The fourth-order valence-corrected chi connectivity index (χ4v) is 4.17. The Morgan fingerprint density at radius 2 is 1.77 bits per heavy atom. The molecule has 0 aliphatic heterocycles. The van der Waals surface area contributed by atoms with Crippen LogP contribution in [0.3, 0.4) is 0 Å². The molecule has 0 fully saturated rings. The first-order valence-electron chi connectivity index (χ1n) is 11.8. The van der Waals surface area contributed by atoms with E-state index < -0.39 is 0 Å². The van der Waals surface area contributed by atoms with Gasteiger partial charge in [0.2, 0.25) is 0 Å². The zero-order valence-corrected chi connectivity index (χ0v) is 20.5. The number of hydrogen-bond donors (Lipinski definition) is 1. The van der Waals surface area contributed by atoms with Crippen molar-refractivity contribution in [2.75, 3.05) is 29.9 Å². The van der Waals surface area contributed by atoms with Gasteiger partial charge in [-0.2, -0.15) is 0 Å². The van der Waals surface area contributed by atoms with E-state index in [4.69, 9.17) is 4.74 Å². The highest BCUT2D eigenvalue weighted by atomic mass is 16.5. The second-order valence-corrected chi connectivity index (χ2v) is 8.32. The van der Waals surface area contributed by atoms with Crippen molar-refractivity contribution in [1.82, 2.24) is 9.55 Å². The van der Waals surface area contributed by atoms with Gasteiger partial charge in [0, 0.05) is 30.5 Å². The second kappa shape index (κ2) is 10.4. The summed E-state index contributed by atoms with van der Waals surface area (Å²) in [5, 5.41) is 3.47. The highest BCUT2D eigenvalue weighted by Gasteiger charge is 2.12. The molecule has 1 aromatic heterocycles. The molecule has 0 aliphatic rings. The van der Waals surface area contributed by atoms with Crippen LogP contribution in [0.1, 0.15) is 25.2 Å². The Hall–Kier alpha value is -4.13. The number of benzene rings is 3. The minimum atomic E-state index is -0.255. The Bertz CT molecular complexity index is 1420. The summed E-state index contributed by atoms with van der Waals surface area (Å²) in [6.07, 6.45) is 0. The van der Waals surface area contributed by atoms with Gasteiger partial charge in [-0.05, 0) is 75.7 Å². The summed E-state index contributed by atoms with van der Waals surface area (Å²) in [5.74, 6) is 0.996. The first-order chi connectivity index (χ1) is 16.9. The molecule has 0 unspecified atom stereocenters. The van der Waals surface area contributed by atoms with Crippen LogP contribution in [0.25, 0.3) is 16.6 Å². The lowest BCUT2D eigenvalue weighted by molar-refractivity contribution is -0.118. The van der Waals surface area contributed by atoms with Gasteiger partial charge in [-0.3, -0.25) is 14.2 Å². The Morgan fingerprint density at radius 3 is 2.51 bits per heavy atom. The summed E-state index contributed by atoms with van der Waals surface area (Å²) in [4.78, 5) is 32.4. The molecule has 0 bridgehead atoms. The second-order valence-electron chi connectivity index (χ2n) is 8.32. The number of anilines is 2. The number of para-hydroxylation sites is 1. The van der Waals surface area contributed by atoms with Crippen LogP contribution in [0.2, 0.25) is 0 Å². The molecule has 0 radical (unpaired) electrons. The van der Waals surface area contributed by atoms with Gasteiger partial charge in [0.25, 0.3) is 11.5 Å². The number of nitrogens with zero attached hydrogens (tertiary/aromatic N) is 3. The fraction of sp³-hybridized carbons (Fsp3) is 0.250. The zero-order chi connectivity index (χ0) is 24.9. The molecule has 4 rings (SSSR count). The van der Waals surface area contributed by atoms with E-state index in [0.29, 0.717) is 33.9 Å². The van der Waals surface area contributed by atoms with Crippen LogP contribution in [-0.2, 0) is 4.79 Å². The highest BCUT2D eigenvalue weighted by Crippen LogP contribution is 2.22. The van der Waals surface area contributed by atoms with Crippen molar-refractivity contribution in [2.24, 2.45) is 0 Å². The van der Waals surface area contributed by atoms with E-state index in [0.717, 1.165) is 24.3 Å². The molecule has 3 aromatic carbocycles. The molecule has 35 heavy (non-hydrogen) atoms. The van der Waals surface area contributed by atoms with Gasteiger partial charge in [-0.1, -0.05) is 18.2 Å². The number of aryl methyl sites for hydroxylation is 2. The molecule has 7 heteroatoms. The van der Waals surface area contributed by atoms with Gasteiger partial charge in [0.05, 0.1) is 16.6 Å². The van der Waals surface area contributed by atoms with Crippen molar-refractivity contribution < 1.29 is 9.53 Å². The van der Waals surface area contributed by atoms with Gasteiger partial charge in [-0.15, -0.1) is 0 Å². The number of carbonyl (C=O) groups excluding carboxylic acids is 1. The number of hydrogen-bond acceptors (Lipinski definition) is 5. The molecular formula is C28H30N4O3. The Kier molecular flexibility index (Phi) is 7.15. The van der Waals surface area contributed by atoms with E-state index in [1.165, 1.54) is 0 Å². The summed E-state index contributed by atoms with van der Waals surface area (Å²) in [6, 6.07) is 20.5. The molecule has 1 heterocycles. The van der Waals surface area contributed by atoms with E-state index in [-0.39, 0.29) is 18.1 Å². The summed E-state index contributed by atoms with van der Waals surface area (Å²) in [6.45, 7) is 9.61. The predicted molar refractivity (Wildman–Crippen MR) is 141 cm³/mol. The molecular weight excluding hydrogens is 440 g/mol. The molecule has 1 N–H and O–H groups in total. The van der Waals surface area contributed by atoms with Crippen molar-refractivity contribution >= 4 is 28.2 Å². The average Bonchev–Trinajstić information content (AvgIpc) is 2.85. The summed E-state index contributed by atoms with van der Waals surface area (Å²) in [5.41, 5.74) is 3.82. The minimum absolute atomic E-state index is 0.101. The SMILES string of the molecule is CCN(CC)c1cccc(OCC(=O)Nc2ccc(-n3c(C)nc4ccccc4c3=O)cc2C)c1. The molecule has 0 saturated heterocycles. The predicted octanol–water partition coefficient (Wildman–Crippen LogP) is 4.87.